The Hall–Kier alpha value is -2.35. The van der Waals surface area contributed by atoms with Crippen molar-refractivity contribution in [2.75, 3.05) is 40.0 Å². The second kappa shape index (κ2) is 7.96. The molecule has 2 heterocycles. The molecule has 24 heavy (non-hydrogen) atoms. The van der Waals surface area contributed by atoms with Crippen LogP contribution in [0.2, 0.25) is 0 Å². The molecule has 0 aliphatic carbocycles. The van der Waals surface area contributed by atoms with Crippen LogP contribution in [-0.4, -0.2) is 67.7 Å². The Morgan fingerprint density at radius 1 is 1.21 bits per heavy atom. The third-order valence-corrected chi connectivity index (χ3v) is 3.97. The van der Waals surface area contributed by atoms with Crippen LogP contribution in [0, 0.1) is 6.92 Å². The van der Waals surface area contributed by atoms with Gasteiger partial charge in [0.05, 0.1) is 25.9 Å². The van der Waals surface area contributed by atoms with Crippen LogP contribution in [0.5, 0.6) is 0 Å². The van der Waals surface area contributed by atoms with E-state index in [0.717, 1.165) is 0 Å². The van der Waals surface area contributed by atoms with Crippen molar-refractivity contribution in [1.82, 2.24) is 9.88 Å². The smallest absolute Gasteiger partial charge is 0.355 e. The third-order valence-electron chi connectivity index (χ3n) is 3.97. The number of hydrogen-bond donors (Lipinski definition) is 1. The number of ether oxygens (including phenoxy) is 3. The molecule has 0 spiro atoms. The van der Waals surface area contributed by atoms with Crippen molar-refractivity contribution in [3.8, 4) is 0 Å². The van der Waals surface area contributed by atoms with Gasteiger partial charge in [0.15, 0.2) is 6.61 Å². The van der Waals surface area contributed by atoms with E-state index in [1.165, 1.54) is 7.11 Å². The normalized spacial score (nSPS) is 14.4. The summed E-state index contributed by atoms with van der Waals surface area (Å²) in [7, 11) is 1.28. The highest BCUT2D eigenvalue weighted by molar-refractivity contribution is 5.99. The van der Waals surface area contributed by atoms with Crippen molar-refractivity contribution < 1.29 is 28.6 Å². The van der Waals surface area contributed by atoms with Gasteiger partial charge < -0.3 is 24.1 Å². The summed E-state index contributed by atoms with van der Waals surface area (Å²) in [6.45, 7) is 5.10. The molecule has 0 radical (unpaired) electrons. The van der Waals surface area contributed by atoms with Crippen LogP contribution in [0.4, 0.5) is 0 Å². The summed E-state index contributed by atoms with van der Waals surface area (Å²) >= 11 is 0. The van der Waals surface area contributed by atoms with E-state index in [2.05, 4.69) is 4.98 Å². The van der Waals surface area contributed by atoms with Gasteiger partial charge in [-0.1, -0.05) is 6.92 Å². The van der Waals surface area contributed by atoms with E-state index in [1.54, 1.807) is 11.8 Å². The van der Waals surface area contributed by atoms with Gasteiger partial charge in [0.2, 0.25) is 0 Å². The van der Waals surface area contributed by atoms with Gasteiger partial charge in [-0.05, 0) is 18.9 Å². The zero-order valence-electron chi connectivity index (χ0n) is 14.1. The fourth-order valence-corrected chi connectivity index (χ4v) is 2.61. The molecule has 1 saturated heterocycles. The predicted octanol–water partition coefficient (Wildman–Crippen LogP) is 0.688. The minimum Gasteiger partial charge on any atom is -0.465 e. The summed E-state index contributed by atoms with van der Waals surface area (Å²) in [5.74, 6) is -1.44. The Balaban J connectivity index is 2.05. The molecule has 1 amide bonds. The number of nitrogens with one attached hydrogen (secondary N) is 1. The van der Waals surface area contributed by atoms with Crippen molar-refractivity contribution in [2.24, 2.45) is 0 Å². The van der Waals surface area contributed by atoms with Gasteiger partial charge in [-0.25, -0.2) is 9.59 Å². The zero-order valence-corrected chi connectivity index (χ0v) is 14.1. The Morgan fingerprint density at radius 3 is 2.46 bits per heavy atom. The molecule has 0 unspecified atom stereocenters. The number of hydrogen-bond acceptors (Lipinski definition) is 6. The van der Waals surface area contributed by atoms with E-state index in [1.807, 2.05) is 6.92 Å². The summed E-state index contributed by atoms with van der Waals surface area (Å²) in [5.41, 5.74) is 1.57. The summed E-state index contributed by atoms with van der Waals surface area (Å²) < 4.78 is 15.0. The van der Waals surface area contributed by atoms with Gasteiger partial charge in [-0.2, -0.15) is 0 Å². The van der Waals surface area contributed by atoms with Gasteiger partial charge in [0, 0.05) is 18.8 Å². The van der Waals surface area contributed by atoms with Crippen LogP contribution in [0.25, 0.3) is 0 Å². The predicted molar refractivity (Wildman–Crippen MR) is 83.9 cm³/mol. The number of methoxy groups -OCH3 is 1. The van der Waals surface area contributed by atoms with E-state index in [0.29, 0.717) is 49.5 Å². The first-order chi connectivity index (χ1) is 11.5. The molecule has 1 aliphatic heterocycles. The van der Waals surface area contributed by atoms with Crippen LogP contribution < -0.4 is 0 Å². The largest absolute Gasteiger partial charge is 0.465 e. The number of carbonyl (C=O) groups is 3. The number of nitrogens with zero attached hydrogens (tertiary/aromatic N) is 1. The number of aromatic nitrogens is 1. The van der Waals surface area contributed by atoms with Gasteiger partial charge in [-0.15, -0.1) is 0 Å². The van der Waals surface area contributed by atoms with Gasteiger partial charge in [0.25, 0.3) is 5.91 Å². The van der Waals surface area contributed by atoms with E-state index in [4.69, 9.17) is 14.2 Å². The monoisotopic (exact) mass is 338 g/mol. The first kappa shape index (κ1) is 18.0. The Bertz CT molecular complexity index is 631. The standard InChI is InChI=1S/C16H22N2O6/c1-4-11-13(15(20)22-3)10(2)14(17-11)16(21)24-9-12(19)18-5-7-23-8-6-18/h17H,4-9H2,1-3H3. The van der Waals surface area contributed by atoms with E-state index < -0.39 is 11.9 Å². The maximum absolute atomic E-state index is 12.2. The number of carbonyl (C=O) groups excluding carboxylic acids is 3. The number of amides is 1. The molecule has 1 aromatic heterocycles. The molecule has 1 fully saturated rings. The number of morpholine rings is 1. The Kier molecular flexibility index (Phi) is 5.97. The first-order valence-corrected chi connectivity index (χ1v) is 7.82. The van der Waals surface area contributed by atoms with Gasteiger partial charge in [0.1, 0.15) is 5.69 Å². The highest BCUT2D eigenvalue weighted by Gasteiger charge is 2.25. The first-order valence-electron chi connectivity index (χ1n) is 7.82. The molecule has 1 aromatic rings. The van der Waals surface area contributed by atoms with Gasteiger partial charge >= 0.3 is 11.9 Å². The molecule has 1 aliphatic rings. The number of H-pyrrole nitrogens is 1. The molecular weight excluding hydrogens is 316 g/mol. The Morgan fingerprint density at radius 2 is 1.88 bits per heavy atom. The second-order valence-electron chi connectivity index (χ2n) is 5.39. The van der Waals surface area contributed by atoms with Crippen LogP contribution in [0.15, 0.2) is 0 Å². The fraction of sp³-hybridized carbons (Fsp3) is 0.562. The Labute approximate surface area is 140 Å². The van der Waals surface area contributed by atoms with Crippen molar-refractivity contribution >= 4 is 17.8 Å². The number of esters is 2. The molecule has 0 bridgehead atoms. The summed E-state index contributed by atoms with van der Waals surface area (Å²) in [4.78, 5) is 40.6. The van der Waals surface area contributed by atoms with Crippen molar-refractivity contribution in [3.05, 3.63) is 22.5 Å². The molecule has 0 aromatic carbocycles. The van der Waals surface area contributed by atoms with E-state index in [-0.39, 0.29) is 18.2 Å². The van der Waals surface area contributed by atoms with Crippen molar-refractivity contribution in [1.29, 1.82) is 0 Å². The maximum Gasteiger partial charge on any atom is 0.355 e. The molecule has 0 atom stereocenters. The second-order valence-corrected chi connectivity index (χ2v) is 5.39. The molecule has 0 saturated carbocycles. The molecule has 1 N–H and O–H groups in total. The molecular formula is C16H22N2O6. The topological polar surface area (TPSA) is 97.9 Å². The third kappa shape index (κ3) is 3.76. The number of aromatic amines is 1. The van der Waals surface area contributed by atoms with E-state index >= 15 is 0 Å². The minimum atomic E-state index is -0.668. The van der Waals surface area contributed by atoms with Crippen molar-refractivity contribution in [2.45, 2.75) is 20.3 Å². The average Bonchev–Trinajstić information content (AvgIpc) is 2.96. The zero-order chi connectivity index (χ0) is 17.7. The van der Waals surface area contributed by atoms with Crippen LogP contribution >= 0.6 is 0 Å². The molecule has 8 nitrogen and oxygen atoms in total. The molecule has 2 rings (SSSR count). The average molecular weight is 338 g/mol. The molecule has 132 valence electrons. The number of rotatable bonds is 5. The quantitative estimate of drug-likeness (QED) is 0.793. The summed E-state index contributed by atoms with van der Waals surface area (Å²) in [6, 6.07) is 0. The van der Waals surface area contributed by atoms with Gasteiger partial charge in [-0.3, -0.25) is 4.79 Å². The summed E-state index contributed by atoms with van der Waals surface area (Å²) in [6.07, 6.45) is 0.533. The lowest BCUT2D eigenvalue weighted by molar-refractivity contribution is -0.138. The summed E-state index contributed by atoms with van der Waals surface area (Å²) in [5, 5.41) is 0. The lowest BCUT2D eigenvalue weighted by Crippen LogP contribution is -2.42. The number of aryl methyl sites for hydroxylation is 1. The van der Waals surface area contributed by atoms with Crippen molar-refractivity contribution in [3.63, 3.8) is 0 Å². The van der Waals surface area contributed by atoms with Crippen LogP contribution in [0.3, 0.4) is 0 Å². The fourth-order valence-electron chi connectivity index (χ4n) is 2.61. The SMILES string of the molecule is CCc1[nH]c(C(=O)OCC(=O)N2CCOCC2)c(C)c1C(=O)OC. The maximum atomic E-state index is 12.2. The van der Waals surface area contributed by atoms with E-state index in [9.17, 15) is 14.4 Å². The molecule has 8 heteroatoms. The lowest BCUT2D eigenvalue weighted by Gasteiger charge is -2.26. The lowest BCUT2D eigenvalue weighted by atomic mass is 10.1. The van der Waals surface area contributed by atoms with Crippen LogP contribution in [0.1, 0.15) is 39.0 Å². The van der Waals surface area contributed by atoms with Crippen LogP contribution in [-0.2, 0) is 25.4 Å². The highest BCUT2D eigenvalue weighted by Crippen LogP contribution is 2.21. The highest BCUT2D eigenvalue weighted by atomic mass is 16.5. The minimum absolute atomic E-state index is 0.169.